The van der Waals surface area contributed by atoms with E-state index in [1.165, 1.54) is 6.08 Å². The molecule has 1 aliphatic rings. The molecule has 0 bridgehead atoms. The molecule has 0 fully saturated rings. The summed E-state index contributed by atoms with van der Waals surface area (Å²) in [6.45, 7) is 1.67. The number of hydrogen-bond acceptors (Lipinski definition) is 5. The van der Waals surface area contributed by atoms with Gasteiger partial charge < -0.3 is 19.9 Å². The van der Waals surface area contributed by atoms with Crippen molar-refractivity contribution in [3.05, 3.63) is 33.4 Å². The van der Waals surface area contributed by atoms with Crippen molar-refractivity contribution in [3.8, 4) is 5.75 Å². The standard InChI is InChI=1S/C10H9NO5/c1-2-3-4-6(12)7(13)5-8(16-4)10(15)11-9(5)14/h2-3,10,12,15H,1H3,(H,11,14)/b3-2+/t10-/m0/s1. The highest BCUT2D eigenvalue weighted by molar-refractivity contribution is 5.98. The minimum absolute atomic E-state index is 0.0817. The van der Waals surface area contributed by atoms with Crippen LogP contribution in [0.1, 0.15) is 35.0 Å². The molecule has 0 spiro atoms. The van der Waals surface area contributed by atoms with Gasteiger partial charge in [-0.3, -0.25) is 9.59 Å². The summed E-state index contributed by atoms with van der Waals surface area (Å²) in [5.74, 6) is -1.64. The first-order chi connectivity index (χ1) is 7.56. The van der Waals surface area contributed by atoms with Crippen LogP contribution in [-0.2, 0) is 0 Å². The summed E-state index contributed by atoms with van der Waals surface area (Å²) in [4.78, 5) is 22.9. The predicted octanol–water partition coefficient (Wildman–Crippen LogP) is 0.113. The largest absolute Gasteiger partial charge is 0.502 e. The SMILES string of the molecule is C/C=C/c1oc2c(c(=O)c1O)C(=O)N[C@H]2O. The van der Waals surface area contributed by atoms with E-state index in [1.54, 1.807) is 13.0 Å². The molecule has 0 saturated heterocycles. The number of nitrogens with one attached hydrogen (secondary N) is 1. The molecule has 6 nitrogen and oxygen atoms in total. The highest BCUT2D eigenvalue weighted by Gasteiger charge is 2.34. The van der Waals surface area contributed by atoms with Crippen molar-refractivity contribution in [2.75, 3.05) is 0 Å². The van der Waals surface area contributed by atoms with Crippen molar-refractivity contribution >= 4 is 12.0 Å². The van der Waals surface area contributed by atoms with Gasteiger partial charge in [0.25, 0.3) is 5.91 Å². The van der Waals surface area contributed by atoms with Gasteiger partial charge in [-0.2, -0.15) is 0 Å². The molecule has 1 atom stereocenters. The Kier molecular flexibility index (Phi) is 2.28. The van der Waals surface area contributed by atoms with Gasteiger partial charge in [-0.15, -0.1) is 0 Å². The lowest BCUT2D eigenvalue weighted by atomic mass is 10.2. The summed E-state index contributed by atoms with van der Waals surface area (Å²) in [5, 5.41) is 21.0. The van der Waals surface area contributed by atoms with E-state index in [2.05, 4.69) is 5.32 Å². The zero-order chi connectivity index (χ0) is 11.9. The van der Waals surface area contributed by atoms with Gasteiger partial charge in [-0.05, 0) is 13.0 Å². The number of rotatable bonds is 1. The summed E-state index contributed by atoms with van der Waals surface area (Å²) in [5.41, 5.74) is -1.19. The number of carbonyl (C=O) groups is 1. The molecule has 2 heterocycles. The van der Waals surface area contributed by atoms with Crippen LogP contribution in [-0.4, -0.2) is 16.1 Å². The average Bonchev–Trinajstić information content (AvgIpc) is 2.50. The van der Waals surface area contributed by atoms with Gasteiger partial charge in [0.2, 0.25) is 11.2 Å². The van der Waals surface area contributed by atoms with E-state index in [0.29, 0.717) is 0 Å². The second-order valence-corrected chi connectivity index (χ2v) is 3.26. The molecule has 84 valence electrons. The van der Waals surface area contributed by atoms with Crippen LogP contribution in [0.25, 0.3) is 6.08 Å². The van der Waals surface area contributed by atoms with Gasteiger partial charge in [-0.25, -0.2) is 0 Å². The third kappa shape index (κ3) is 1.31. The molecule has 1 aromatic rings. The summed E-state index contributed by atoms with van der Waals surface area (Å²) >= 11 is 0. The molecule has 0 radical (unpaired) electrons. The summed E-state index contributed by atoms with van der Waals surface area (Å²) in [6.07, 6.45) is 1.58. The fraction of sp³-hybridized carbons (Fsp3) is 0.200. The Balaban J connectivity index is 2.76. The molecule has 0 aliphatic carbocycles. The fourth-order valence-electron chi connectivity index (χ4n) is 1.49. The normalized spacial score (nSPS) is 18.9. The molecular formula is C10H9NO5. The minimum atomic E-state index is -1.35. The fourth-order valence-corrected chi connectivity index (χ4v) is 1.49. The molecular weight excluding hydrogens is 214 g/mol. The Morgan fingerprint density at radius 1 is 1.44 bits per heavy atom. The molecule has 0 unspecified atom stereocenters. The number of fused-ring (bicyclic) bond motifs is 1. The number of hydrogen-bond donors (Lipinski definition) is 3. The van der Waals surface area contributed by atoms with E-state index in [-0.39, 0.29) is 17.1 Å². The quantitative estimate of drug-likeness (QED) is 0.627. The van der Waals surface area contributed by atoms with Crippen LogP contribution in [0, 0.1) is 0 Å². The molecule has 1 aromatic heterocycles. The van der Waals surface area contributed by atoms with Crippen molar-refractivity contribution in [1.29, 1.82) is 0 Å². The zero-order valence-electron chi connectivity index (χ0n) is 8.35. The molecule has 16 heavy (non-hydrogen) atoms. The van der Waals surface area contributed by atoms with E-state index in [0.717, 1.165) is 0 Å². The number of aliphatic hydroxyl groups excluding tert-OH is 1. The molecule has 2 rings (SSSR count). The number of aliphatic hydroxyl groups is 1. The van der Waals surface area contributed by atoms with Gasteiger partial charge in [0, 0.05) is 0 Å². The Bertz CT molecular complexity index is 543. The Hall–Kier alpha value is -2.08. The maximum Gasteiger partial charge on any atom is 0.261 e. The van der Waals surface area contributed by atoms with Gasteiger partial charge in [-0.1, -0.05) is 6.08 Å². The number of amides is 1. The molecule has 6 heteroatoms. The number of aromatic hydroxyl groups is 1. The first-order valence-corrected chi connectivity index (χ1v) is 4.58. The first-order valence-electron chi connectivity index (χ1n) is 4.58. The van der Waals surface area contributed by atoms with Crippen molar-refractivity contribution < 1.29 is 19.4 Å². The van der Waals surface area contributed by atoms with Crippen molar-refractivity contribution in [3.63, 3.8) is 0 Å². The lowest BCUT2D eigenvalue weighted by Gasteiger charge is -2.03. The van der Waals surface area contributed by atoms with Gasteiger partial charge in [0.05, 0.1) is 0 Å². The summed E-state index contributed by atoms with van der Waals surface area (Å²) < 4.78 is 5.08. The minimum Gasteiger partial charge on any atom is -0.502 e. The number of allylic oxidation sites excluding steroid dienone is 1. The van der Waals surface area contributed by atoms with E-state index >= 15 is 0 Å². The lowest BCUT2D eigenvalue weighted by Crippen LogP contribution is -2.21. The third-order valence-electron chi connectivity index (χ3n) is 2.20. The highest BCUT2D eigenvalue weighted by atomic mass is 16.4. The smallest absolute Gasteiger partial charge is 0.261 e. The first kappa shape index (κ1) is 10.4. The summed E-state index contributed by atoms with van der Waals surface area (Å²) in [6, 6.07) is 0. The highest BCUT2D eigenvalue weighted by Crippen LogP contribution is 2.26. The van der Waals surface area contributed by atoms with Gasteiger partial charge in [0.15, 0.2) is 17.7 Å². The van der Waals surface area contributed by atoms with Crippen molar-refractivity contribution in [2.24, 2.45) is 0 Å². The average molecular weight is 223 g/mol. The van der Waals surface area contributed by atoms with E-state index in [1.807, 2.05) is 0 Å². The van der Waals surface area contributed by atoms with Crippen molar-refractivity contribution in [1.82, 2.24) is 5.32 Å². The van der Waals surface area contributed by atoms with Crippen LogP contribution in [0.3, 0.4) is 0 Å². The Morgan fingerprint density at radius 2 is 2.12 bits per heavy atom. The van der Waals surface area contributed by atoms with Crippen molar-refractivity contribution in [2.45, 2.75) is 13.2 Å². The molecule has 0 aromatic carbocycles. The molecule has 0 saturated carbocycles. The Labute approximate surface area is 89.8 Å². The van der Waals surface area contributed by atoms with Crippen LogP contribution in [0.5, 0.6) is 5.75 Å². The van der Waals surface area contributed by atoms with E-state index in [4.69, 9.17) is 4.42 Å². The van der Waals surface area contributed by atoms with Crippen LogP contribution in [0.15, 0.2) is 15.3 Å². The predicted molar refractivity (Wildman–Crippen MR) is 53.8 cm³/mol. The third-order valence-corrected chi connectivity index (χ3v) is 2.20. The van der Waals surface area contributed by atoms with E-state index < -0.39 is 23.3 Å². The molecule has 3 N–H and O–H groups in total. The lowest BCUT2D eigenvalue weighted by molar-refractivity contribution is 0.0820. The Morgan fingerprint density at radius 3 is 2.75 bits per heavy atom. The van der Waals surface area contributed by atoms with Gasteiger partial charge >= 0.3 is 0 Å². The maximum absolute atomic E-state index is 11.6. The van der Waals surface area contributed by atoms with Crippen LogP contribution >= 0.6 is 0 Å². The van der Waals surface area contributed by atoms with Crippen LogP contribution in [0.2, 0.25) is 0 Å². The zero-order valence-corrected chi connectivity index (χ0v) is 8.35. The monoisotopic (exact) mass is 223 g/mol. The maximum atomic E-state index is 11.6. The second kappa shape index (κ2) is 3.49. The van der Waals surface area contributed by atoms with E-state index in [9.17, 15) is 19.8 Å². The topological polar surface area (TPSA) is 99.8 Å². The van der Waals surface area contributed by atoms with Crippen LogP contribution in [0.4, 0.5) is 0 Å². The van der Waals surface area contributed by atoms with Crippen LogP contribution < -0.4 is 10.7 Å². The summed E-state index contributed by atoms with van der Waals surface area (Å²) in [7, 11) is 0. The van der Waals surface area contributed by atoms with Gasteiger partial charge in [0.1, 0.15) is 5.56 Å². The number of carbonyl (C=O) groups excluding carboxylic acids is 1. The molecule has 1 aliphatic heterocycles. The molecule has 1 amide bonds. The second-order valence-electron chi connectivity index (χ2n) is 3.26.